The van der Waals surface area contributed by atoms with E-state index in [4.69, 9.17) is 16.9 Å². The SMILES string of the molecule is C=C/C(NC(=O)c1c(N)nn2cc(F)cnc12)=C(\C(C)=C/C)N1CCC(C(=N)N)CC1. The van der Waals surface area contributed by atoms with Crippen molar-refractivity contribution in [1.29, 1.82) is 5.41 Å². The van der Waals surface area contributed by atoms with Gasteiger partial charge in [0.25, 0.3) is 5.91 Å². The highest BCUT2D eigenvalue weighted by Gasteiger charge is 2.26. The maximum absolute atomic E-state index is 13.4. The van der Waals surface area contributed by atoms with Gasteiger partial charge in [0.15, 0.2) is 17.3 Å². The summed E-state index contributed by atoms with van der Waals surface area (Å²) in [6.07, 6.45) is 7.15. The maximum atomic E-state index is 13.4. The number of amidine groups is 1. The standard InChI is InChI=1S/C21H27FN8O/c1-4-12(3)17(29-8-6-13(7-9-29)18(23)24)15(5-2)27-21(31)16-19(25)28-30-11-14(22)10-26-20(16)30/h4-5,10-11,13H,2,6-9H2,1,3H3,(H3,23,24)(H2,25,28)(H,27,31)/b12-4-,17-15-. The summed E-state index contributed by atoms with van der Waals surface area (Å²) in [6, 6.07) is 0. The zero-order chi connectivity index (χ0) is 22.7. The van der Waals surface area contributed by atoms with Crippen molar-refractivity contribution in [3.8, 4) is 0 Å². The second-order valence-electron chi connectivity index (χ2n) is 7.41. The number of carbonyl (C=O) groups excluding carboxylic acids is 1. The molecule has 1 amide bonds. The predicted octanol–water partition coefficient (Wildman–Crippen LogP) is 2.19. The number of piperidine rings is 1. The molecule has 0 aliphatic carbocycles. The van der Waals surface area contributed by atoms with Crippen LogP contribution in [0.1, 0.15) is 37.0 Å². The van der Waals surface area contributed by atoms with E-state index in [1.807, 2.05) is 19.9 Å². The smallest absolute Gasteiger partial charge is 0.263 e. The van der Waals surface area contributed by atoms with Gasteiger partial charge in [0, 0.05) is 19.0 Å². The highest BCUT2D eigenvalue weighted by molar-refractivity contribution is 6.05. The molecule has 0 atom stereocenters. The zero-order valence-electron chi connectivity index (χ0n) is 17.7. The number of rotatable bonds is 6. The quantitative estimate of drug-likeness (QED) is 0.317. The number of hydrogen-bond donors (Lipinski definition) is 4. The summed E-state index contributed by atoms with van der Waals surface area (Å²) < 4.78 is 14.6. The van der Waals surface area contributed by atoms with Crippen LogP contribution in [0, 0.1) is 17.1 Å². The van der Waals surface area contributed by atoms with Crippen LogP contribution in [0.25, 0.3) is 5.65 Å². The molecule has 0 spiro atoms. The molecule has 31 heavy (non-hydrogen) atoms. The van der Waals surface area contributed by atoms with Crippen LogP contribution in [-0.2, 0) is 0 Å². The molecule has 0 bridgehead atoms. The van der Waals surface area contributed by atoms with E-state index in [-0.39, 0.29) is 28.8 Å². The number of anilines is 1. The lowest BCUT2D eigenvalue weighted by Gasteiger charge is -2.36. The number of hydrogen-bond acceptors (Lipinski definition) is 6. The number of amides is 1. The zero-order valence-corrected chi connectivity index (χ0v) is 17.7. The Balaban J connectivity index is 1.95. The Hall–Kier alpha value is -3.69. The fraction of sp³-hybridized carbons (Fsp3) is 0.333. The molecule has 0 radical (unpaired) electrons. The first-order valence-electron chi connectivity index (χ1n) is 9.96. The molecule has 0 aromatic carbocycles. The van der Waals surface area contributed by atoms with E-state index in [2.05, 4.69) is 26.9 Å². The van der Waals surface area contributed by atoms with Crippen molar-refractivity contribution in [2.75, 3.05) is 18.8 Å². The Kier molecular flexibility index (Phi) is 6.38. The number of allylic oxidation sites excluding steroid dienone is 3. The average molecular weight is 427 g/mol. The third kappa shape index (κ3) is 4.42. The Labute approximate surface area is 179 Å². The van der Waals surface area contributed by atoms with Crippen LogP contribution in [0.2, 0.25) is 0 Å². The minimum absolute atomic E-state index is 0.0504. The molecule has 3 heterocycles. The van der Waals surface area contributed by atoms with E-state index in [9.17, 15) is 9.18 Å². The normalized spacial score (nSPS) is 16.2. The summed E-state index contributed by atoms with van der Waals surface area (Å²) in [6.45, 7) is 9.13. The van der Waals surface area contributed by atoms with Gasteiger partial charge in [-0.15, -0.1) is 5.10 Å². The van der Waals surface area contributed by atoms with Crippen LogP contribution in [0.15, 0.2) is 48.1 Å². The molecule has 6 N–H and O–H groups in total. The summed E-state index contributed by atoms with van der Waals surface area (Å²) in [5.41, 5.74) is 14.1. The fourth-order valence-corrected chi connectivity index (χ4v) is 3.72. The largest absolute Gasteiger partial charge is 0.387 e. The summed E-state index contributed by atoms with van der Waals surface area (Å²) in [5, 5.41) is 14.5. The van der Waals surface area contributed by atoms with E-state index in [0.717, 1.165) is 41.0 Å². The molecule has 1 aliphatic rings. The number of nitrogens with two attached hydrogens (primary N) is 2. The summed E-state index contributed by atoms with van der Waals surface area (Å²) in [4.78, 5) is 19.2. The third-order valence-corrected chi connectivity index (χ3v) is 5.46. The molecule has 0 unspecified atom stereocenters. The maximum Gasteiger partial charge on any atom is 0.263 e. The number of nitrogens with one attached hydrogen (secondary N) is 2. The van der Waals surface area contributed by atoms with Crippen molar-refractivity contribution in [2.24, 2.45) is 11.7 Å². The molecule has 1 fully saturated rings. The van der Waals surface area contributed by atoms with E-state index in [1.165, 1.54) is 0 Å². The van der Waals surface area contributed by atoms with Crippen LogP contribution >= 0.6 is 0 Å². The average Bonchev–Trinajstić information content (AvgIpc) is 3.07. The molecular weight excluding hydrogens is 399 g/mol. The number of aromatic nitrogens is 3. The Morgan fingerprint density at radius 2 is 2.10 bits per heavy atom. The summed E-state index contributed by atoms with van der Waals surface area (Å²) in [7, 11) is 0. The second-order valence-corrected chi connectivity index (χ2v) is 7.41. The first-order chi connectivity index (χ1) is 14.8. The number of carbonyl (C=O) groups is 1. The molecular formula is C21H27FN8O. The predicted molar refractivity (Wildman–Crippen MR) is 118 cm³/mol. The van der Waals surface area contributed by atoms with Crippen molar-refractivity contribution < 1.29 is 9.18 Å². The molecule has 1 aliphatic heterocycles. The third-order valence-electron chi connectivity index (χ3n) is 5.46. The van der Waals surface area contributed by atoms with Gasteiger partial charge in [-0.3, -0.25) is 10.2 Å². The molecule has 164 valence electrons. The molecule has 0 saturated carbocycles. The summed E-state index contributed by atoms with van der Waals surface area (Å²) >= 11 is 0. The number of likely N-dealkylation sites (tertiary alicyclic amines) is 1. The number of halogens is 1. The van der Waals surface area contributed by atoms with Crippen LogP contribution in [-0.4, -0.2) is 44.3 Å². The van der Waals surface area contributed by atoms with Gasteiger partial charge in [0.1, 0.15) is 5.56 Å². The van der Waals surface area contributed by atoms with Gasteiger partial charge in [0.2, 0.25) is 0 Å². The van der Waals surface area contributed by atoms with Gasteiger partial charge < -0.3 is 21.7 Å². The molecule has 9 nitrogen and oxygen atoms in total. The lowest BCUT2D eigenvalue weighted by Crippen LogP contribution is -2.39. The van der Waals surface area contributed by atoms with Crippen molar-refractivity contribution in [2.45, 2.75) is 26.7 Å². The van der Waals surface area contributed by atoms with Crippen LogP contribution in [0.4, 0.5) is 10.2 Å². The van der Waals surface area contributed by atoms with Crippen molar-refractivity contribution in [3.63, 3.8) is 0 Å². The Morgan fingerprint density at radius 1 is 1.42 bits per heavy atom. The topological polar surface area (TPSA) is 138 Å². The highest BCUT2D eigenvalue weighted by atomic mass is 19.1. The fourth-order valence-electron chi connectivity index (χ4n) is 3.72. The monoisotopic (exact) mass is 426 g/mol. The second kappa shape index (κ2) is 8.99. The van der Waals surface area contributed by atoms with Crippen molar-refractivity contribution >= 4 is 23.2 Å². The number of fused-ring (bicyclic) bond motifs is 1. The van der Waals surface area contributed by atoms with E-state index in [1.54, 1.807) is 6.08 Å². The van der Waals surface area contributed by atoms with Crippen molar-refractivity contribution in [3.05, 3.63) is 59.5 Å². The van der Waals surface area contributed by atoms with Crippen LogP contribution in [0.5, 0.6) is 0 Å². The van der Waals surface area contributed by atoms with Gasteiger partial charge in [-0.1, -0.05) is 12.7 Å². The highest BCUT2D eigenvalue weighted by Crippen LogP contribution is 2.27. The first kappa shape index (κ1) is 22.0. The minimum Gasteiger partial charge on any atom is -0.387 e. The van der Waals surface area contributed by atoms with Crippen molar-refractivity contribution in [1.82, 2.24) is 24.8 Å². The van der Waals surface area contributed by atoms with Crippen LogP contribution < -0.4 is 16.8 Å². The first-order valence-corrected chi connectivity index (χ1v) is 9.96. The minimum atomic E-state index is -0.589. The molecule has 2 aromatic rings. The van der Waals surface area contributed by atoms with E-state index < -0.39 is 11.7 Å². The van der Waals surface area contributed by atoms with Gasteiger partial charge in [-0.05, 0) is 38.3 Å². The molecule has 2 aromatic heterocycles. The number of nitrogens with zero attached hydrogens (tertiary/aromatic N) is 4. The molecule has 1 saturated heterocycles. The van der Waals surface area contributed by atoms with Gasteiger partial charge in [-0.2, -0.15) is 0 Å². The van der Waals surface area contributed by atoms with Gasteiger partial charge in [0.05, 0.1) is 29.6 Å². The molecule has 10 heteroatoms. The van der Waals surface area contributed by atoms with Gasteiger partial charge >= 0.3 is 0 Å². The Morgan fingerprint density at radius 3 is 2.68 bits per heavy atom. The lowest BCUT2D eigenvalue weighted by molar-refractivity contribution is 0.0968. The van der Waals surface area contributed by atoms with Crippen LogP contribution in [0.3, 0.4) is 0 Å². The Bertz CT molecular complexity index is 1090. The lowest BCUT2D eigenvalue weighted by atomic mass is 9.94. The van der Waals surface area contributed by atoms with E-state index in [0.29, 0.717) is 18.8 Å². The summed E-state index contributed by atoms with van der Waals surface area (Å²) in [5.74, 6) is -0.881. The van der Waals surface area contributed by atoms with Gasteiger partial charge in [-0.25, -0.2) is 13.9 Å². The molecule has 3 rings (SSSR count). The van der Waals surface area contributed by atoms with E-state index >= 15 is 0 Å². The number of nitrogen functional groups attached to an aromatic ring is 1.